The van der Waals surface area contributed by atoms with Gasteiger partial charge in [0.2, 0.25) is 0 Å². The maximum atomic E-state index is 12.5. The van der Waals surface area contributed by atoms with E-state index in [0.29, 0.717) is 11.0 Å². The number of carbonyl (C=O) groups excluding carboxylic acids is 2. The van der Waals surface area contributed by atoms with E-state index in [9.17, 15) is 22.8 Å². The van der Waals surface area contributed by atoms with Crippen LogP contribution in [0.3, 0.4) is 0 Å². The first kappa shape index (κ1) is 13.9. The zero-order valence-electron chi connectivity index (χ0n) is 10.4. The van der Waals surface area contributed by atoms with Crippen LogP contribution < -0.4 is 10.6 Å². The molecule has 1 aromatic rings. The molecule has 106 valence electrons. The second-order valence-electron chi connectivity index (χ2n) is 4.20. The van der Waals surface area contributed by atoms with Gasteiger partial charge in [-0.3, -0.25) is 9.69 Å². The number of urea groups is 1. The van der Waals surface area contributed by atoms with Gasteiger partial charge < -0.3 is 5.73 Å². The topological polar surface area (TPSA) is 66.6 Å². The lowest BCUT2D eigenvalue weighted by Gasteiger charge is -2.17. The Morgan fingerprint density at radius 3 is 2.25 bits per heavy atom. The fraction of sp³-hybridized carbons (Fsp3) is 0.167. The smallest absolute Gasteiger partial charge is 0.397 e. The number of carbonyl (C=O) groups is 2. The molecule has 8 heteroatoms. The summed E-state index contributed by atoms with van der Waals surface area (Å²) in [5, 5.41) is 0. The standard InChI is InChI=1S/C12H10F3N3O2/c1-6-10(19)18(11(20)17(6)2)9-4-3-7(5-8(9)16)12(13,14)15/h3-5H,1,16H2,2H3. The van der Waals surface area contributed by atoms with Crippen molar-refractivity contribution in [2.24, 2.45) is 0 Å². The number of amides is 3. The molecule has 0 bridgehead atoms. The van der Waals surface area contributed by atoms with Crippen molar-refractivity contribution in [1.29, 1.82) is 0 Å². The highest BCUT2D eigenvalue weighted by Crippen LogP contribution is 2.36. The molecule has 1 heterocycles. The molecule has 20 heavy (non-hydrogen) atoms. The molecule has 1 aliphatic rings. The van der Waals surface area contributed by atoms with E-state index < -0.39 is 23.7 Å². The van der Waals surface area contributed by atoms with Gasteiger partial charge in [0.15, 0.2) is 0 Å². The van der Waals surface area contributed by atoms with Crippen LogP contribution >= 0.6 is 0 Å². The second kappa shape index (κ2) is 4.26. The Morgan fingerprint density at radius 2 is 1.85 bits per heavy atom. The van der Waals surface area contributed by atoms with Crippen molar-refractivity contribution in [1.82, 2.24) is 4.90 Å². The third kappa shape index (κ3) is 1.98. The van der Waals surface area contributed by atoms with Crippen LogP contribution in [0.4, 0.5) is 29.3 Å². The highest BCUT2D eigenvalue weighted by Gasteiger charge is 2.40. The van der Waals surface area contributed by atoms with Gasteiger partial charge in [0, 0.05) is 7.05 Å². The number of imide groups is 1. The number of hydrogen-bond donors (Lipinski definition) is 1. The molecule has 1 aromatic carbocycles. The molecule has 0 spiro atoms. The zero-order chi connectivity index (χ0) is 15.2. The molecule has 2 rings (SSSR count). The van der Waals surface area contributed by atoms with Crippen LogP contribution in [0.1, 0.15) is 5.56 Å². The number of nitrogens with two attached hydrogens (primary N) is 1. The van der Waals surface area contributed by atoms with E-state index in [1.54, 1.807) is 0 Å². The van der Waals surface area contributed by atoms with Gasteiger partial charge in [-0.2, -0.15) is 13.2 Å². The van der Waals surface area contributed by atoms with Gasteiger partial charge in [-0.25, -0.2) is 9.69 Å². The normalized spacial score (nSPS) is 16.3. The molecule has 0 unspecified atom stereocenters. The quantitative estimate of drug-likeness (QED) is 0.488. The average molecular weight is 285 g/mol. The van der Waals surface area contributed by atoms with Gasteiger partial charge >= 0.3 is 12.2 Å². The average Bonchev–Trinajstić information content (AvgIpc) is 2.54. The molecule has 1 fully saturated rings. The number of anilines is 2. The first-order chi connectivity index (χ1) is 9.14. The molecule has 0 saturated carbocycles. The third-order valence-corrected chi connectivity index (χ3v) is 2.93. The van der Waals surface area contributed by atoms with Crippen molar-refractivity contribution in [2.75, 3.05) is 17.7 Å². The van der Waals surface area contributed by atoms with Crippen molar-refractivity contribution in [3.63, 3.8) is 0 Å². The Labute approximate surface area is 112 Å². The predicted molar refractivity (Wildman–Crippen MR) is 65.6 cm³/mol. The highest BCUT2D eigenvalue weighted by atomic mass is 19.4. The molecular weight excluding hydrogens is 275 g/mol. The molecular formula is C12H10F3N3O2. The monoisotopic (exact) mass is 285 g/mol. The van der Waals surface area contributed by atoms with Crippen LogP contribution in [0.2, 0.25) is 0 Å². The van der Waals surface area contributed by atoms with Crippen LogP contribution in [0.25, 0.3) is 0 Å². The van der Waals surface area contributed by atoms with Crippen molar-refractivity contribution in [2.45, 2.75) is 6.18 Å². The molecule has 0 atom stereocenters. The van der Waals surface area contributed by atoms with Crippen molar-refractivity contribution in [3.05, 3.63) is 36.0 Å². The van der Waals surface area contributed by atoms with E-state index in [4.69, 9.17) is 5.73 Å². The largest absolute Gasteiger partial charge is 0.416 e. The summed E-state index contributed by atoms with van der Waals surface area (Å²) < 4.78 is 37.6. The van der Waals surface area contributed by atoms with Gasteiger partial charge in [-0.1, -0.05) is 6.58 Å². The summed E-state index contributed by atoms with van der Waals surface area (Å²) in [4.78, 5) is 25.4. The summed E-state index contributed by atoms with van der Waals surface area (Å²) in [6.45, 7) is 3.42. The lowest BCUT2D eigenvalue weighted by Crippen LogP contribution is -2.32. The van der Waals surface area contributed by atoms with Gasteiger partial charge in [-0.15, -0.1) is 0 Å². The summed E-state index contributed by atoms with van der Waals surface area (Å²) in [6, 6.07) is 1.71. The number of rotatable bonds is 1. The highest BCUT2D eigenvalue weighted by molar-refractivity contribution is 6.27. The minimum Gasteiger partial charge on any atom is -0.397 e. The fourth-order valence-corrected chi connectivity index (χ4v) is 1.77. The molecule has 1 saturated heterocycles. The van der Waals surface area contributed by atoms with E-state index in [-0.39, 0.29) is 17.1 Å². The molecule has 0 aromatic heterocycles. The van der Waals surface area contributed by atoms with Gasteiger partial charge in [-0.05, 0) is 18.2 Å². The summed E-state index contributed by atoms with van der Waals surface area (Å²) in [5.41, 5.74) is 4.08. The van der Waals surface area contributed by atoms with Crippen molar-refractivity contribution in [3.8, 4) is 0 Å². The number of likely N-dealkylation sites (N-methyl/N-ethyl adjacent to an activating group) is 1. The lowest BCUT2D eigenvalue weighted by atomic mass is 10.1. The maximum Gasteiger partial charge on any atom is 0.416 e. The summed E-state index contributed by atoms with van der Waals surface area (Å²) in [6.07, 6.45) is -4.55. The van der Waals surface area contributed by atoms with Crippen LogP contribution in [0.5, 0.6) is 0 Å². The summed E-state index contributed by atoms with van der Waals surface area (Å²) in [7, 11) is 1.34. The molecule has 0 radical (unpaired) electrons. The molecule has 2 N–H and O–H groups in total. The van der Waals surface area contributed by atoms with E-state index in [2.05, 4.69) is 6.58 Å². The Morgan fingerprint density at radius 1 is 1.25 bits per heavy atom. The van der Waals surface area contributed by atoms with E-state index in [0.717, 1.165) is 17.0 Å². The zero-order valence-corrected chi connectivity index (χ0v) is 10.4. The van der Waals surface area contributed by atoms with Gasteiger partial charge in [0.05, 0.1) is 16.9 Å². The SMILES string of the molecule is C=C1C(=O)N(c2ccc(C(F)(F)F)cc2N)C(=O)N1C. The third-order valence-electron chi connectivity index (χ3n) is 2.93. The summed E-state index contributed by atoms with van der Waals surface area (Å²) >= 11 is 0. The fourth-order valence-electron chi connectivity index (χ4n) is 1.77. The maximum absolute atomic E-state index is 12.5. The predicted octanol–water partition coefficient (Wildman–Crippen LogP) is 2.20. The van der Waals surface area contributed by atoms with Crippen LogP contribution in [-0.4, -0.2) is 23.9 Å². The summed E-state index contributed by atoms with van der Waals surface area (Å²) in [5.74, 6) is -0.719. The second-order valence-corrected chi connectivity index (χ2v) is 4.20. The molecule has 0 aliphatic carbocycles. The first-order valence-electron chi connectivity index (χ1n) is 5.42. The Bertz CT molecular complexity index is 625. The Balaban J connectivity index is 2.47. The van der Waals surface area contributed by atoms with Crippen LogP contribution in [-0.2, 0) is 11.0 Å². The number of halogens is 3. The number of benzene rings is 1. The molecule has 5 nitrogen and oxygen atoms in total. The van der Waals surface area contributed by atoms with Crippen molar-refractivity contribution >= 4 is 23.3 Å². The first-order valence-corrected chi connectivity index (χ1v) is 5.42. The van der Waals surface area contributed by atoms with E-state index in [1.165, 1.54) is 7.05 Å². The van der Waals surface area contributed by atoms with Crippen LogP contribution in [0, 0.1) is 0 Å². The minimum atomic E-state index is -4.55. The number of nitrogen functional groups attached to an aromatic ring is 1. The Hall–Kier alpha value is -2.51. The van der Waals surface area contributed by atoms with E-state index >= 15 is 0 Å². The molecule has 3 amide bonds. The number of hydrogen-bond acceptors (Lipinski definition) is 3. The minimum absolute atomic E-state index is 0.0747. The van der Waals surface area contributed by atoms with Crippen LogP contribution in [0.15, 0.2) is 30.5 Å². The van der Waals surface area contributed by atoms with Gasteiger partial charge in [0.25, 0.3) is 5.91 Å². The van der Waals surface area contributed by atoms with E-state index in [1.807, 2.05) is 0 Å². The number of nitrogens with zero attached hydrogens (tertiary/aromatic N) is 2. The number of alkyl halides is 3. The van der Waals surface area contributed by atoms with Crippen molar-refractivity contribution < 1.29 is 22.8 Å². The molecule has 1 aliphatic heterocycles. The van der Waals surface area contributed by atoms with Gasteiger partial charge in [0.1, 0.15) is 5.70 Å². The Kier molecular flexibility index (Phi) is 2.96. The lowest BCUT2D eigenvalue weighted by molar-refractivity contribution is -0.137.